The first-order valence-corrected chi connectivity index (χ1v) is 11.1. The molecule has 0 saturated heterocycles. The highest BCUT2D eigenvalue weighted by atomic mass is 16.5. The molecule has 0 atom stereocenters. The van der Waals surface area contributed by atoms with Crippen LogP contribution in [0.2, 0.25) is 0 Å². The largest absolute Gasteiger partial charge is 0.497 e. The Hall–Kier alpha value is -4.65. The van der Waals surface area contributed by atoms with Gasteiger partial charge in [0.25, 0.3) is 5.91 Å². The summed E-state index contributed by atoms with van der Waals surface area (Å²) >= 11 is 0. The lowest BCUT2D eigenvalue weighted by molar-refractivity contribution is 0.102. The zero-order valence-electron chi connectivity index (χ0n) is 19.9. The van der Waals surface area contributed by atoms with Crippen molar-refractivity contribution in [2.45, 2.75) is 0 Å². The molecule has 3 N–H and O–H groups in total. The zero-order valence-corrected chi connectivity index (χ0v) is 19.9. The van der Waals surface area contributed by atoms with Crippen molar-refractivity contribution in [2.75, 3.05) is 36.7 Å². The summed E-state index contributed by atoms with van der Waals surface area (Å²) in [5.41, 5.74) is 4.64. The Labute approximate surface area is 204 Å². The molecule has 1 amide bonds. The summed E-state index contributed by atoms with van der Waals surface area (Å²) in [6.07, 6.45) is 1.67. The Morgan fingerprint density at radius 3 is 2.37 bits per heavy atom. The van der Waals surface area contributed by atoms with Gasteiger partial charge in [0.15, 0.2) is 0 Å². The van der Waals surface area contributed by atoms with E-state index >= 15 is 0 Å². The second kappa shape index (κ2) is 10.5. The van der Waals surface area contributed by atoms with Crippen molar-refractivity contribution in [3.8, 4) is 5.75 Å². The second-order valence-electron chi connectivity index (χ2n) is 8.11. The van der Waals surface area contributed by atoms with E-state index in [1.807, 2.05) is 85.7 Å². The van der Waals surface area contributed by atoms with E-state index in [4.69, 9.17) is 10.1 Å². The van der Waals surface area contributed by atoms with Gasteiger partial charge in [0.05, 0.1) is 12.8 Å². The van der Waals surface area contributed by atoms with E-state index in [0.717, 1.165) is 11.4 Å². The fraction of sp³-hybridized carbons (Fsp3) is 0.107. The van der Waals surface area contributed by atoms with Crippen molar-refractivity contribution in [2.24, 2.45) is 0 Å². The smallest absolute Gasteiger partial charge is 0.255 e. The predicted octanol–water partition coefficient (Wildman–Crippen LogP) is 5.57. The van der Waals surface area contributed by atoms with Gasteiger partial charge < -0.3 is 20.3 Å². The van der Waals surface area contributed by atoms with Gasteiger partial charge in [-0.2, -0.15) is 0 Å². The number of amides is 1. The van der Waals surface area contributed by atoms with Crippen LogP contribution in [0.4, 0.5) is 22.9 Å². The number of ether oxygens (including phenoxy) is 1. The van der Waals surface area contributed by atoms with Crippen molar-refractivity contribution < 1.29 is 9.53 Å². The molecular formula is C28H27N5O2. The quantitative estimate of drug-likeness (QED) is 0.296. The van der Waals surface area contributed by atoms with Crippen molar-refractivity contribution in [1.82, 2.24) is 4.98 Å². The molecule has 35 heavy (non-hydrogen) atoms. The third-order valence-corrected chi connectivity index (χ3v) is 5.46. The Bertz CT molecular complexity index is 1350. The lowest BCUT2D eigenvalue weighted by Crippen LogP contribution is -2.13. The maximum Gasteiger partial charge on any atom is 0.255 e. The third kappa shape index (κ3) is 5.65. The van der Waals surface area contributed by atoms with Crippen molar-refractivity contribution in [3.63, 3.8) is 0 Å². The molecule has 0 aliphatic rings. The van der Waals surface area contributed by atoms with Crippen LogP contribution in [-0.2, 0) is 0 Å². The average molecular weight is 466 g/mol. The summed E-state index contributed by atoms with van der Waals surface area (Å²) in [5.74, 6) is 0.995. The average Bonchev–Trinajstić information content (AvgIpc) is 2.89. The summed E-state index contributed by atoms with van der Waals surface area (Å²) < 4.78 is 5.29. The van der Waals surface area contributed by atoms with Crippen LogP contribution in [0.5, 0.6) is 5.75 Å². The first-order chi connectivity index (χ1) is 16.9. The first-order valence-electron chi connectivity index (χ1n) is 11.1. The van der Waals surface area contributed by atoms with Gasteiger partial charge in [-0.15, -0.1) is 0 Å². The number of nitrogens with one attached hydrogen (secondary N) is 3. The maximum absolute atomic E-state index is 12.8. The number of carbonyl (C=O) groups excluding carboxylic acids is 1. The van der Waals surface area contributed by atoms with Crippen LogP contribution in [0.1, 0.15) is 21.5 Å². The van der Waals surface area contributed by atoms with Gasteiger partial charge in [-0.1, -0.05) is 18.2 Å². The Kier molecular flexibility index (Phi) is 7.07. The Balaban J connectivity index is 1.53. The summed E-state index contributed by atoms with van der Waals surface area (Å²) in [6.45, 7) is 0. The van der Waals surface area contributed by atoms with E-state index in [0.29, 0.717) is 39.7 Å². The predicted molar refractivity (Wildman–Crippen MR) is 142 cm³/mol. The second-order valence-corrected chi connectivity index (χ2v) is 8.11. The van der Waals surface area contributed by atoms with Crippen LogP contribution in [0.25, 0.3) is 0 Å². The SMILES string of the molecule is COc1cccc(C(=N)c2cccnc2Nc2cccc(C(=O)Nc3ccc(N(C)C)cc3)c2)c1. The van der Waals surface area contributed by atoms with Crippen LogP contribution in [0.15, 0.2) is 91.1 Å². The van der Waals surface area contributed by atoms with Crippen LogP contribution >= 0.6 is 0 Å². The minimum atomic E-state index is -0.211. The molecule has 1 heterocycles. The molecular weight excluding hydrogens is 438 g/mol. The van der Waals surface area contributed by atoms with E-state index in [1.165, 1.54) is 0 Å². The Morgan fingerprint density at radius 1 is 0.886 bits per heavy atom. The molecule has 4 rings (SSSR count). The van der Waals surface area contributed by atoms with Gasteiger partial charge in [-0.3, -0.25) is 10.2 Å². The van der Waals surface area contributed by atoms with E-state index in [-0.39, 0.29) is 5.91 Å². The van der Waals surface area contributed by atoms with Crippen LogP contribution in [0, 0.1) is 5.41 Å². The zero-order chi connectivity index (χ0) is 24.8. The molecule has 1 aromatic heterocycles. The minimum Gasteiger partial charge on any atom is -0.497 e. The molecule has 0 saturated carbocycles. The normalized spacial score (nSPS) is 10.4. The van der Waals surface area contributed by atoms with Crippen molar-refractivity contribution >= 4 is 34.5 Å². The monoisotopic (exact) mass is 465 g/mol. The number of hydrogen-bond acceptors (Lipinski definition) is 6. The topological polar surface area (TPSA) is 90.3 Å². The molecule has 0 bridgehead atoms. The first kappa shape index (κ1) is 23.5. The standard InChI is InChI=1S/C28H27N5O2/c1-33(2)23-14-12-21(13-15-23)32-28(34)20-8-4-9-22(17-20)31-27-25(11-6-16-30-27)26(29)19-7-5-10-24(18-19)35-3/h4-18,29H,1-3H3,(H,30,31)(H,32,34). The van der Waals surface area contributed by atoms with Crippen LogP contribution in [0.3, 0.4) is 0 Å². The number of carbonyl (C=O) groups is 1. The summed E-state index contributed by atoms with van der Waals surface area (Å²) in [4.78, 5) is 19.3. The van der Waals surface area contributed by atoms with Crippen LogP contribution in [-0.4, -0.2) is 37.8 Å². The van der Waals surface area contributed by atoms with E-state index in [9.17, 15) is 4.79 Å². The van der Waals surface area contributed by atoms with Gasteiger partial charge in [0, 0.05) is 54.0 Å². The molecule has 0 aliphatic heterocycles. The summed E-state index contributed by atoms with van der Waals surface area (Å²) in [6, 6.07) is 25.8. The third-order valence-electron chi connectivity index (χ3n) is 5.46. The fourth-order valence-electron chi connectivity index (χ4n) is 3.56. The minimum absolute atomic E-state index is 0.211. The number of aromatic nitrogens is 1. The highest BCUT2D eigenvalue weighted by Crippen LogP contribution is 2.24. The number of rotatable bonds is 8. The highest BCUT2D eigenvalue weighted by Gasteiger charge is 2.13. The molecule has 0 fully saturated rings. The van der Waals surface area contributed by atoms with Gasteiger partial charge in [0.2, 0.25) is 0 Å². The molecule has 0 unspecified atom stereocenters. The molecule has 7 heteroatoms. The number of pyridine rings is 1. The summed E-state index contributed by atoms with van der Waals surface area (Å²) in [7, 11) is 5.54. The van der Waals surface area contributed by atoms with Gasteiger partial charge >= 0.3 is 0 Å². The van der Waals surface area contributed by atoms with Gasteiger partial charge in [-0.25, -0.2) is 4.98 Å². The molecule has 4 aromatic rings. The van der Waals surface area contributed by atoms with Crippen molar-refractivity contribution in [1.29, 1.82) is 5.41 Å². The lowest BCUT2D eigenvalue weighted by atomic mass is 10.0. The number of anilines is 4. The lowest BCUT2D eigenvalue weighted by Gasteiger charge is -2.14. The molecule has 0 spiro atoms. The molecule has 0 radical (unpaired) electrons. The van der Waals surface area contributed by atoms with E-state index in [1.54, 1.807) is 31.5 Å². The molecule has 176 valence electrons. The Morgan fingerprint density at radius 2 is 1.63 bits per heavy atom. The van der Waals surface area contributed by atoms with E-state index in [2.05, 4.69) is 15.6 Å². The maximum atomic E-state index is 12.8. The molecule has 3 aromatic carbocycles. The number of hydrogen-bond donors (Lipinski definition) is 3. The van der Waals surface area contributed by atoms with Crippen LogP contribution < -0.4 is 20.3 Å². The number of nitrogens with zero attached hydrogens (tertiary/aromatic N) is 2. The number of benzene rings is 3. The molecule has 7 nitrogen and oxygen atoms in total. The van der Waals surface area contributed by atoms with E-state index < -0.39 is 0 Å². The van der Waals surface area contributed by atoms with Gasteiger partial charge in [0.1, 0.15) is 11.6 Å². The van der Waals surface area contributed by atoms with Crippen molar-refractivity contribution in [3.05, 3.63) is 108 Å². The van der Waals surface area contributed by atoms with Gasteiger partial charge in [-0.05, 0) is 66.7 Å². The number of methoxy groups -OCH3 is 1. The fourth-order valence-corrected chi connectivity index (χ4v) is 3.56. The highest BCUT2D eigenvalue weighted by molar-refractivity contribution is 6.14. The molecule has 0 aliphatic carbocycles. The summed E-state index contributed by atoms with van der Waals surface area (Å²) in [5, 5.41) is 14.9.